The number of ether oxygens (including phenoxy) is 1. The molecule has 34 heavy (non-hydrogen) atoms. The van der Waals surface area contributed by atoms with E-state index in [1.165, 1.54) is 15.9 Å². The Kier molecular flexibility index (Phi) is 9.45. The van der Waals surface area contributed by atoms with E-state index in [9.17, 15) is 4.79 Å². The van der Waals surface area contributed by atoms with Crippen molar-refractivity contribution in [1.82, 2.24) is 4.90 Å². The average Bonchev–Trinajstić information content (AvgIpc) is 2.83. The van der Waals surface area contributed by atoms with Crippen LogP contribution in [-0.2, 0) is 9.53 Å². The van der Waals surface area contributed by atoms with Crippen molar-refractivity contribution in [3.8, 4) is 0 Å². The van der Waals surface area contributed by atoms with Gasteiger partial charge in [-0.25, -0.2) is 0 Å². The monoisotopic (exact) mass is 477 g/mol. The Morgan fingerprint density at radius 1 is 0.735 bits per heavy atom. The summed E-state index contributed by atoms with van der Waals surface area (Å²) in [6.07, 6.45) is 3.44. The summed E-state index contributed by atoms with van der Waals surface area (Å²) in [5.41, 5.74) is -0.409. The summed E-state index contributed by atoms with van der Waals surface area (Å²) in [7, 11) is 0.00741. The van der Waals surface area contributed by atoms with Crippen molar-refractivity contribution < 1.29 is 9.53 Å². The second-order valence-electron chi connectivity index (χ2n) is 10.1. The molecule has 3 aromatic carbocycles. The van der Waals surface area contributed by atoms with Crippen LogP contribution >= 0.6 is 7.26 Å². The van der Waals surface area contributed by atoms with E-state index in [0.29, 0.717) is 6.42 Å². The predicted molar refractivity (Wildman–Crippen MR) is 149 cm³/mol. The Labute approximate surface area is 206 Å². The molecule has 0 atom stereocenters. The zero-order valence-corrected chi connectivity index (χ0v) is 22.2. The maximum absolute atomic E-state index is 12.0. The van der Waals surface area contributed by atoms with Crippen LogP contribution in [0.15, 0.2) is 91.0 Å². The van der Waals surface area contributed by atoms with E-state index in [2.05, 4.69) is 103 Å². The molecule has 0 amide bonds. The molecule has 0 aliphatic heterocycles. The molecule has 3 rings (SSSR count). The number of unbranched alkanes of at least 4 members (excludes halogenated alkanes) is 1. The van der Waals surface area contributed by atoms with Gasteiger partial charge in [0.2, 0.25) is 0 Å². The van der Waals surface area contributed by atoms with Crippen molar-refractivity contribution in [3.05, 3.63) is 91.0 Å². The predicted octanol–water partition coefficient (Wildman–Crippen LogP) is 5.16. The minimum atomic E-state index is -2.19. The number of rotatable bonds is 11. The Bertz CT molecular complexity index is 904. The first-order chi connectivity index (χ1) is 16.3. The number of hydrogen-bond acceptors (Lipinski definition) is 3. The molecular formula is C30H40NO2P. The van der Waals surface area contributed by atoms with Crippen LogP contribution in [-0.4, -0.2) is 42.8 Å². The van der Waals surface area contributed by atoms with Gasteiger partial charge in [-0.3, -0.25) is 0 Å². The van der Waals surface area contributed by atoms with Crippen LogP contribution in [0.4, 0.5) is 0 Å². The zero-order valence-electron chi connectivity index (χ0n) is 21.2. The van der Waals surface area contributed by atoms with Crippen molar-refractivity contribution in [1.29, 1.82) is 0 Å². The van der Waals surface area contributed by atoms with Crippen LogP contribution < -0.4 is 15.9 Å². The van der Waals surface area contributed by atoms with E-state index in [4.69, 9.17) is 4.74 Å². The Morgan fingerprint density at radius 3 is 1.59 bits per heavy atom. The molecule has 0 aliphatic rings. The molecule has 182 valence electrons. The van der Waals surface area contributed by atoms with Crippen molar-refractivity contribution >= 4 is 29.1 Å². The fourth-order valence-electron chi connectivity index (χ4n) is 4.61. The summed E-state index contributed by atoms with van der Waals surface area (Å²) in [5.74, 6) is -0.0983. The van der Waals surface area contributed by atoms with E-state index in [1.807, 2.05) is 20.8 Å². The third kappa shape index (κ3) is 7.26. The van der Waals surface area contributed by atoms with E-state index in [1.54, 1.807) is 0 Å². The fraction of sp³-hybridized carbons (Fsp3) is 0.367. The summed E-state index contributed by atoms with van der Waals surface area (Å²) < 4.78 is 5.44. The Morgan fingerprint density at radius 2 is 1.18 bits per heavy atom. The zero-order chi connectivity index (χ0) is 24.4. The molecule has 0 bridgehead atoms. The standard InChI is InChI=1S/C30H40NO2P/c1-30(2,3)33-29(32)22-14-15-23-31(4)24-25-34(26-16-8-5-9-17-26,27-18-10-6-11-19-27)28-20-12-7-13-21-28/h5-13,16-21,34H,14-15,22-25H2,1-4H3. The quantitative estimate of drug-likeness (QED) is 0.217. The van der Waals surface area contributed by atoms with Gasteiger partial charge in [-0.05, 0) is 0 Å². The summed E-state index contributed by atoms with van der Waals surface area (Å²) >= 11 is 0. The molecule has 0 unspecified atom stereocenters. The van der Waals surface area contributed by atoms with E-state index >= 15 is 0 Å². The molecule has 0 heterocycles. The van der Waals surface area contributed by atoms with Gasteiger partial charge in [0.05, 0.1) is 0 Å². The first kappa shape index (κ1) is 26.1. The minimum absolute atomic E-state index is 0.0983. The number of carbonyl (C=O) groups is 1. The normalized spacial score (nSPS) is 12.5. The van der Waals surface area contributed by atoms with Crippen LogP contribution in [0.3, 0.4) is 0 Å². The fourth-order valence-corrected chi connectivity index (χ4v) is 9.48. The topological polar surface area (TPSA) is 29.5 Å². The number of esters is 1. The molecule has 0 aromatic heterocycles. The molecule has 0 saturated carbocycles. The Balaban J connectivity index is 1.74. The second-order valence-corrected chi connectivity index (χ2v) is 14.1. The van der Waals surface area contributed by atoms with Crippen molar-refractivity contribution in [2.24, 2.45) is 0 Å². The summed E-state index contributed by atoms with van der Waals surface area (Å²) in [4.78, 5) is 14.4. The molecule has 4 heteroatoms. The second kappa shape index (κ2) is 12.3. The van der Waals surface area contributed by atoms with Gasteiger partial charge in [-0.1, -0.05) is 0 Å². The van der Waals surface area contributed by atoms with Gasteiger partial charge in [0.15, 0.2) is 0 Å². The molecule has 0 aliphatic carbocycles. The first-order valence-electron chi connectivity index (χ1n) is 12.4. The van der Waals surface area contributed by atoms with Gasteiger partial charge in [0.1, 0.15) is 0 Å². The molecular weight excluding hydrogens is 437 g/mol. The van der Waals surface area contributed by atoms with Gasteiger partial charge >= 0.3 is 207 Å². The third-order valence-electron chi connectivity index (χ3n) is 6.26. The third-order valence-corrected chi connectivity index (χ3v) is 11.2. The first-order valence-corrected chi connectivity index (χ1v) is 14.6. The van der Waals surface area contributed by atoms with Gasteiger partial charge < -0.3 is 0 Å². The van der Waals surface area contributed by atoms with Gasteiger partial charge in [0.25, 0.3) is 0 Å². The van der Waals surface area contributed by atoms with Crippen molar-refractivity contribution in [2.75, 3.05) is 26.3 Å². The molecule has 0 radical (unpaired) electrons. The number of benzene rings is 3. The van der Waals surface area contributed by atoms with E-state index < -0.39 is 12.9 Å². The van der Waals surface area contributed by atoms with Crippen LogP contribution in [0, 0.1) is 0 Å². The van der Waals surface area contributed by atoms with Crippen LogP contribution in [0.5, 0.6) is 0 Å². The molecule has 0 N–H and O–H groups in total. The van der Waals surface area contributed by atoms with Crippen molar-refractivity contribution in [3.63, 3.8) is 0 Å². The molecule has 3 nitrogen and oxygen atoms in total. The van der Waals surface area contributed by atoms with E-state index in [-0.39, 0.29) is 5.97 Å². The van der Waals surface area contributed by atoms with E-state index in [0.717, 1.165) is 32.1 Å². The molecule has 0 fully saturated rings. The maximum atomic E-state index is 12.0. The van der Waals surface area contributed by atoms with Crippen LogP contribution in [0.2, 0.25) is 0 Å². The number of hydrogen-bond donors (Lipinski definition) is 0. The van der Waals surface area contributed by atoms with Gasteiger partial charge in [-0.15, -0.1) is 0 Å². The van der Waals surface area contributed by atoms with Crippen LogP contribution in [0.25, 0.3) is 0 Å². The van der Waals surface area contributed by atoms with Gasteiger partial charge in [0, 0.05) is 0 Å². The SMILES string of the molecule is CN(CCCCC(=O)OC(C)(C)C)CC[PH](c1ccccc1)(c1ccccc1)c1ccccc1. The molecule has 3 aromatic rings. The summed E-state index contributed by atoms with van der Waals surface area (Å²) in [6, 6.07) is 33.2. The summed E-state index contributed by atoms with van der Waals surface area (Å²) in [5, 5.41) is 4.35. The average molecular weight is 478 g/mol. The number of carbonyl (C=O) groups excluding carboxylic acids is 1. The molecule has 0 saturated heterocycles. The molecule has 0 spiro atoms. The van der Waals surface area contributed by atoms with Crippen molar-refractivity contribution in [2.45, 2.75) is 45.6 Å². The number of nitrogens with zero attached hydrogens (tertiary/aromatic N) is 1. The van der Waals surface area contributed by atoms with Gasteiger partial charge in [-0.2, -0.15) is 0 Å². The summed E-state index contributed by atoms with van der Waals surface area (Å²) in [6.45, 7) is 7.74. The Hall–Kier alpha value is -2.48. The van der Waals surface area contributed by atoms with Crippen LogP contribution in [0.1, 0.15) is 40.0 Å².